The number of carbonyl (C=O) groups excluding carboxylic acids is 1. The van der Waals surface area contributed by atoms with Crippen molar-refractivity contribution in [2.45, 2.75) is 19.9 Å². The molecular formula is C10H15N3O2. The Kier molecular flexibility index (Phi) is 4.03. The Labute approximate surface area is 89.1 Å². The molecule has 15 heavy (non-hydrogen) atoms. The van der Waals surface area contributed by atoms with E-state index >= 15 is 0 Å². The minimum absolute atomic E-state index is 0.167. The van der Waals surface area contributed by atoms with Crippen LogP contribution in [0.25, 0.3) is 0 Å². The Morgan fingerprint density at radius 1 is 1.60 bits per heavy atom. The quantitative estimate of drug-likeness (QED) is 0.688. The molecule has 1 aromatic rings. The van der Waals surface area contributed by atoms with E-state index in [-0.39, 0.29) is 18.6 Å². The van der Waals surface area contributed by atoms with Crippen LogP contribution in [0.1, 0.15) is 13.8 Å². The monoisotopic (exact) mass is 209 g/mol. The molecule has 0 aliphatic rings. The molecule has 0 saturated carbocycles. The number of esters is 1. The number of anilines is 1. The smallest absolute Gasteiger partial charge is 0.325 e. The van der Waals surface area contributed by atoms with Gasteiger partial charge in [0.2, 0.25) is 0 Å². The van der Waals surface area contributed by atoms with Gasteiger partial charge in [0.1, 0.15) is 6.54 Å². The highest BCUT2D eigenvalue weighted by atomic mass is 16.5. The van der Waals surface area contributed by atoms with E-state index in [1.54, 1.807) is 12.3 Å². The SMILES string of the molecule is COC(=O)CN(c1cccnn1)C(C)C. The largest absolute Gasteiger partial charge is 0.468 e. The molecule has 5 heteroatoms. The topological polar surface area (TPSA) is 55.3 Å². The normalized spacial score (nSPS) is 10.1. The molecule has 0 aliphatic heterocycles. The first-order chi connectivity index (χ1) is 7.15. The summed E-state index contributed by atoms with van der Waals surface area (Å²) in [7, 11) is 1.37. The molecule has 82 valence electrons. The summed E-state index contributed by atoms with van der Waals surface area (Å²) in [5.74, 6) is 0.396. The van der Waals surface area contributed by atoms with Crippen LogP contribution in [0.2, 0.25) is 0 Å². The number of aromatic nitrogens is 2. The van der Waals surface area contributed by atoms with Crippen LogP contribution in [0.5, 0.6) is 0 Å². The van der Waals surface area contributed by atoms with Gasteiger partial charge < -0.3 is 9.64 Å². The van der Waals surface area contributed by atoms with Crippen molar-refractivity contribution in [3.05, 3.63) is 18.3 Å². The summed E-state index contributed by atoms with van der Waals surface area (Å²) >= 11 is 0. The summed E-state index contributed by atoms with van der Waals surface area (Å²) in [6.07, 6.45) is 1.60. The van der Waals surface area contributed by atoms with E-state index < -0.39 is 0 Å². The van der Waals surface area contributed by atoms with Crippen LogP contribution in [0, 0.1) is 0 Å². The zero-order valence-electron chi connectivity index (χ0n) is 9.17. The number of nitrogens with zero attached hydrogens (tertiary/aromatic N) is 3. The van der Waals surface area contributed by atoms with Crippen molar-refractivity contribution in [2.24, 2.45) is 0 Å². The van der Waals surface area contributed by atoms with Crippen LogP contribution in [0.4, 0.5) is 5.82 Å². The Hall–Kier alpha value is -1.65. The predicted octanol–water partition coefficient (Wildman–Crippen LogP) is 0.864. The lowest BCUT2D eigenvalue weighted by molar-refractivity contribution is -0.139. The predicted molar refractivity (Wildman–Crippen MR) is 56.5 cm³/mol. The summed E-state index contributed by atoms with van der Waals surface area (Å²) in [6.45, 7) is 4.15. The maximum atomic E-state index is 11.2. The first-order valence-electron chi connectivity index (χ1n) is 4.76. The second-order valence-electron chi connectivity index (χ2n) is 3.38. The highest BCUT2D eigenvalue weighted by molar-refractivity contribution is 5.75. The van der Waals surface area contributed by atoms with E-state index in [9.17, 15) is 4.79 Å². The van der Waals surface area contributed by atoms with Crippen molar-refractivity contribution < 1.29 is 9.53 Å². The van der Waals surface area contributed by atoms with E-state index in [1.165, 1.54) is 7.11 Å². The molecule has 0 unspecified atom stereocenters. The van der Waals surface area contributed by atoms with Crippen LogP contribution < -0.4 is 4.90 Å². The zero-order valence-corrected chi connectivity index (χ0v) is 9.17. The number of methoxy groups -OCH3 is 1. The van der Waals surface area contributed by atoms with Crippen molar-refractivity contribution in [3.63, 3.8) is 0 Å². The third-order valence-corrected chi connectivity index (χ3v) is 2.00. The molecule has 0 aliphatic carbocycles. The summed E-state index contributed by atoms with van der Waals surface area (Å²) in [4.78, 5) is 13.0. The van der Waals surface area contributed by atoms with Crippen LogP contribution in [0.3, 0.4) is 0 Å². The second kappa shape index (κ2) is 5.29. The van der Waals surface area contributed by atoms with E-state index in [0.29, 0.717) is 5.82 Å². The highest BCUT2D eigenvalue weighted by Crippen LogP contribution is 2.11. The molecule has 1 aromatic heterocycles. The third-order valence-electron chi connectivity index (χ3n) is 2.00. The van der Waals surface area contributed by atoms with Crippen molar-refractivity contribution in [1.82, 2.24) is 10.2 Å². The molecule has 0 saturated heterocycles. The first-order valence-corrected chi connectivity index (χ1v) is 4.76. The molecule has 0 bridgehead atoms. The fraction of sp³-hybridized carbons (Fsp3) is 0.500. The number of hydrogen-bond donors (Lipinski definition) is 0. The molecule has 0 aromatic carbocycles. The fourth-order valence-electron chi connectivity index (χ4n) is 1.18. The van der Waals surface area contributed by atoms with Crippen molar-refractivity contribution in [1.29, 1.82) is 0 Å². The summed E-state index contributed by atoms with van der Waals surface area (Å²) in [5, 5.41) is 7.73. The van der Waals surface area contributed by atoms with E-state index in [4.69, 9.17) is 0 Å². The number of hydrogen-bond acceptors (Lipinski definition) is 5. The van der Waals surface area contributed by atoms with Gasteiger partial charge in [0.05, 0.1) is 7.11 Å². The van der Waals surface area contributed by atoms with E-state index in [2.05, 4.69) is 14.9 Å². The van der Waals surface area contributed by atoms with E-state index in [1.807, 2.05) is 24.8 Å². The Morgan fingerprint density at radius 2 is 2.33 bits per heavy atom. The molecular weight excluding hydrogens is 194 g/mol. The maximum Gasteiger partial charge on any atom is 0.325 e. The fourth-order valence-corrected chi connectivity index (χ4v) is 1.18. The van der Waals surface area contributed by atoms with Gasteiger partial charge in [-0.1, -0.05) is 0 Å². The van der Waals surface area contributed by atoms with Gasteiger partial charge in [-0.25, -0.2) is 0 Å². The zero-order chi connectivity index (χ0) is 11.3. The van der Waals surface area contributed by atoms with Crippen LogP contribution >= 0.6 is 0 Å². The number of ether oxygens (including phenoxy) is 1. The van der Waals surface area contributed by atoms with Gasteiger partial charge in [-0.05, 0) is 26.0 Å². The average molecular weight is 209 g/mol. The molecule has 0 spiro atoms. The van der Waals surface area contributed by atoms with Gasteiger partial charge in [0, 0.05) is 12.2 Å². The average Bonchev–Trinajstić information content (AvgIpc) is 2.26. The molecule has 0 amide bonds. The van der Waals surface area contributed by atoms with Gasteiger partial charge >= 0.3 is 5.97 Å². The molecule has 0 N–H and O–H groups in total. The van der Waals surface area contributed by atoms with Crippen LogP contribution in [-0.2, 0) is 9.53 Å². The lowest BCUT2D eigenvalue weighted by atomic mass is 10.3. The minimum Gasteiger partial charge on any atom is -0.468 e. The highest BCUT2D eigenvalue weighted by Gasteiger charge is 2.15. The summed E-state index contributed by atoms with van der Waals surface area (Å²) < 4.78 is 4.62. The number of rotatable bonds is 4. The van der Waals surface area contributed by atoms with Gasteiger partial charge in [-0.15, -0.1) is 5.10 Å². The van der Waals surface area contributed by atoms with Gasteiger partial charge in [0.15, 0.2) is 5.82 Å². The lowest BCUT2D eigenvalue weighted by Crippen LogP contribution is -2.36. The molecule has 0 radical (unpaired) electrons. The summed E-state index contributed by atoms with van der Waals surface area (Å²) in [6, 6.07) is 3.77. The lowest BCUT2D eigenvalue weighted by Gasteiger charge is -2.25. The summed E-state index contributed by atoms with van der Waals surface area (Å²) in [5.41, 5.74) is 0. The van der Waals surface area contributed by atoms with Gasteiger partial charge in [-0.2, -0.15) is 5.10 Å². The molecule has 1 rings (SSSR count). The third kappa shape index (κ3) is 3.19. The Balaban J connectivity index is 2.79. The van der Waals surface area contributed by atoms with E-state index in [0.717, 1.165) is 0 Å². The Bertz CT molecular complexity index is 314. The van der Waals surface area contributed by atoms with Crippen molar-refractivity contribution in [2.75, 3.05) is 18.6 Å². The van der Waals surface area contributed by atoms with Crippen molar-refractivity contribution in [3.8, 4) is 0 Å². The standard InChI is InChI=1S/C10H15N3O2/c1-8(2)13(7-10(14)15-3)9-5-4-6-11-12-9/h4-6,8H,7H2,1-3H3. The molecule has 0 atom stereocenters. The molecule has 0 fully saturated rings. The first kappa shape index (κ1) is 11.4. The second-order valence-corrected chi connectivity index (χ2v) is 3.38. The van der Waals surface area contributed by atoms with Crippen molar-refractivity contribution >= 4 is 11.8 Å². The Morgan fingerprint density at radius 3 is 2.80 bits per heavy atom. The van der Waals surface area contributed by atoms with Crippen LogP contribution in [0.15, 0.2) is 18.3 Å². The van der Waals surface area contributed by atoms with Crippen LogP contribution in [-0.4, -0.2) is 35.9 Å². The number of carbonyl (C=O) groups is 1. The minimum atomic E-state index is -0.283. The maximum absolute atomic E-state index is 11.2. The molecule has 1 heterocycles. The van der Waals surface area contributed by atoms with Gasteiger partial charge in [-0.3, -0.25) is 4.79 Å². The van der Waals surface area contributed by atoms with Gasteiger partial charge in [0.25, 0.3) is 0 Å². The molecule has 5 nitrogen and oxygen atoms in total.